The van der Waals surface area contributed by atoms with Crippen LogP contribution in [0.15, 0.2) is 47.2 Å². The Kier molecular flexibility index (Phi) is 7.02. The van der Waals surface area contributed by atoms with Gasteiger partial charge in [-0.3, -0.25) is 0 Å². The molecule has 2 atom stereocenters. The minimum atomic E-state index is -1.58. The van der Waals surface area contributed by atoms with E-state index in [1.54, 1.807) is 14.0 Å². The summed E-state index contributed by atoms with van der Waals surface area (Å²) in [4.78, 5) is 2.11. The molecule has 7 nitrogen and oxygen atoms in total. The average molecular weight is 391 g/mol. The highest BCUT2D eigenvalue weighted by atomic mass is 16.5. The third-order valence-corrected chi connectivity index (χ3v) is 5.32. The van der Waals surface area contributed by atoms with Crippen LogP contribution in [0.25, 0.3) is 0 Å². The maximum absolute atomic E-state index is 9.96. The smallest absolute Gasteiger partial charge is 0.191 e. The molecule has 0 radical (unpaired) electrons. The van der Waals surface area contributed by atoms with Crippen molar-refractivity contribution in [2.45, 2.75) is 12.8 Å². The summed E-state index contributed by atoms with van der Waals surface area (Å²) in [6.45, 7) is 3.28. The van der Waals surface area contributed by atoms with Gasteiger partial charge in [-0.1, -0.05) is 18.2 Å². The molecule has 3 N–H and O–H groups in total. The first kappa shape index (κ1) is 22.0. The van der Waals surface area contributed by atoms with Crippen molar-refractivity contribution in [2.24, 2.45) is 17.1 Å². The lowest BCUT2D eigenvalue weighted by Crippen LogP contribution is -2.47. The Morgan fingerprint density at radius 1 is 1.24 bits per heavy atom. The van der Waals surface area contributed by atoms with Crippen LogP contribution in [0.1, 0.15) is 18.4 Å². The summed E-state index contributed by atoms with van der Waals surface area (Å²) in [5.74, 6) is 0.0692. The van der Waals surface area contributed by atoms with Gasteiger partial charge in [0.2, 0.25) is 0 Å². The second-order valence-corrected chi connectivity index (χ2v) is 6.99. The second kappa shape index (κ2) is 9.26. The summed E-state index contributed by atoms with van der Waals surface area (Å²) in [5, 5.41) is 37.1. The van der Waals surface area contributed by atoms with Crippen molar-refractivity contribution < 1.29 is 9.84 Å². The fourth-order valence-corrected chi connectivity index (χ4v) is 4.01. The van der Waals surface area contributed by atoms with Gasteiger partial charge in [-0.15, -0.1) is 0 Å². The van der Waals surface area contributed by atoms with Crippen molar-refractivity contribution >= 4 is 0 Å². The quantitative estimate of drug-likeness (QED) is 0.789. The molecule has 0 bridgehead atoms. The summed E-state index contributed by atoms with van der Waals surface area (Å²) in [7, 11) is 3.56. The van der Waals surface area contributed by atoms with E-state index >= 15 is 0 Å². The van der Waals surface area contributed by atoms with Crippen LogP contribution >= 0.6 is 0 Å². The first-order valence-corrected chi connectivity index (χ1v) is 9.30. The predicted molar refractivity (Wildman–Crippen MR) is 108 cm³/mol. The van der Waals surface area contributed by atoms with E-state index in [-0.39, 0.29) is 23.8 Å². The Morgan fingerprint density at radius 3 is 2.31 bits per heavy atom. The Hall–Kier alpha value is -3.31. The summed E-state index contributed by atoms with van der Waals surface area (Å²) < 4.78 is 5.21. The molecule has 7 heteroatoms. The van der Waals surface area contributed by atoms with Gasteiger partial charge in [0.1, 0.15) is 11.8 Å². The van der Waals surface area contributed by atoms with Crippen LogP contribution in [-0.4, -0.2) is 43.9 Å². The molecule has 29 heavy (non-hydrogen) atoms. The third-order valence-electron chi connectivity index (χ3n) is 5.32. The predicted octanol–water partition coefficient (Wildman–Crippen LogP) is 2.05. The van der Waals surface area contributed by atoms with Crippen LogP contribution in [0.4, 0.5) is 0 Å². The minimum Gasteiger partial charge on any atom is -0.497 e. The van der Waals surface area contributed by atoms with Gasteiger partial charge < -0.3 is 20.5 Å². The third kappa shape index (κ3) is 3.82. The zero-order valence-electron chi connectivity index (χ0n) is 16.9. The van der Waals surface area contributed by atoms with Crippen molar-refractivity contribution in [2.75, 3.05) is 33.9 Å². The molecule has 0 amide bonds. The van der Waals surface area contributed by atoms with Crippen LogP contribution in [0.2, 0.25) is 0 Å². The van der Waals surface area contributed by atoms with E-state index in [4.69, 9.17) is 15.6 Å². The van der Waals surface area contributed by atoms with Gasteiger partial charge >= 0.3 is 0 Å². The van der Waals surface area contributed by atoms with Gasteiger partial charge in [-0.25, -0.2) is 0 Å². The SMILES string of the molecule is CCO.COc1ccc(C2C3CN(C)CC=C3C(C#N)=C(N)C2(C#N)C#N)cc1. The molecular formula is C22H25N5O2. The number of rotatable bonds is 2. The van der Waals surface area contributed by atoms with Gasteiger partial charge in [-0.05, 0) is 37.2 Å². The molecule has 1 aromatic rings. The van der Waals surface area contributed by atoms with Crippen LogP contribution in [0, 0.1) is 45.3 Å². The van der Waals surface area contributed by atoms with E-state index in [2.05, 4.69) is 23.1 Å². The van der Waals surface area contributed by atoms with Gasteiger partial charge in [0.15, 0.2) is 5.41 Å². The number of likely N-dealkylation sites (N-methyl/N-ethyl adjacent to an activating group) is 1. The average Bonchev–Trinajstić information content (AvgIpc) is 2.74. The highest BCUT2D eigenvalue weighted by Crippen LogP contribution is 2.54. The number of ether oxygens (including phenoxy) is 1. The van der Waals surface area contributed by atoms with Crippen molar-refractivity contribution in [3.05, 3.63) is 52.7 Å². The Morgan fingerprint density at radius 2 is 1.83 bits per heavy atom. The van der Waals surface area contributed by atoms with Gasteiger partial charge in [0.05, 0.1) is 30.5 Å². The van der Waals surface area contributed by atoms with Crippen LogP contribution in [0.5, 0.6) is 5.75 Å². The maximum Gasteiger partial charge on any atom is 0.191 e. The van der Waals surface area contributed by atoms with Crippen molar-refractivity contribution in [3.63, 3.8) is 0 Å². The lowest BCUT2D eigenvalue weighted by atomic mass is 9.58. The lowest BCUT2D eigenvalue weighted by molar-refractivity contribution is 0.237. The fraction of sp³-hybridized carbons (Fsp3) is 0.409. The lowest BCUT2D eigenvalue weighted by Gasteiger charge is -2.45. The largest absolute Gasteiger partial charge is 0.497 e. The van der Waals surface area contributed by atoms with E-state index in [0.29, 0.717) is 18.8 Å². The monoisotopic (exact) mass is 391 g/mol. The van der Waals surface area contributed by atoms with E-state index in [9.17, 15) is 15.8 Å². The number of hydrogen-bond acceptors (Lipinski definition) is 7. The molecule has 2 unspecified atom stereocenters. The van der Waals surface area contributed by atoms with E-state index in [1.165, 1.54) is 0 Å². The molecular weight excluding hydrogens is 366 g/mol. The Labute approximate surface area is 171 Å². The molecule has 0 aromatic heterocycles. The summed E-state index contributed by atoms with van der Waals surface area (Å²) in [5.41, 5.74) is 6.66. The second-order valence-electron chi connectivity index (χ2n) is 6.99. The maximum atomic E-state index is 9.96. The molecule has 3 rings (SSSR count). The van der Waals surface area contributed by atoms with E-state index in [0.717, 1.165) is 11.1 Å². The molecule has 0 spiro atoms. The van der Waals surface area contributed by atoms with Crippen LogP contribution in [0.3, 0.4) is 0 Å². The number of nitriles is 3. The zero-order chi connectivity index (χ0) is 21.6. The summed E-state index contributed by atoms with van der Waals surface area (Å²) in [6.07, 6.45) is 1.98. The van der Waals surface area contributed by atoms with Crippen molar-refractivity contribution in [3.8, 4) is 24.0 Å². The number of nitrogens with zero attached hydrogens (tertiary/aromatic N) is 4. The number of aliphatic hydroxyl groups is 1. The normalized spacial score (nSPS) is 22.6. The number of aliphatic hydroxyl groups excluding tert-OH is 1. The van der Waals surface area contributed by atoms with E-state index in [1.807, 2.05) is 37.4 Å². The number of benzene rings is 1. The van der Waals surface area contributed by atoms with Crippen molar-refractivity contribution in [1.29, 1.82) is 15.8 Å². The summed E-state index contributed by atoms with van der Waals surface area (Å²) >= 11 is 0. The summed E-state index contributed by atoms with van der Waals surface area (Å²) in [6, 6.07) is 13.7. The van der Waals surface area contributed by atoms with Crippen LogP contribution < -0.4 is 10.5 Å². The first-order valence-electron chi connectivity index (χ1n) is 9.30. The topological polar surface area (TPSA) is 130 Å². The molecule has 2 aliphatic rings. The first-order chi connectivity index (χ1) is 13.9. The molecule has 0 fully saturated rings. The molecule has 0 saturated heterocycles. The highest BCUT2D eigenvalue weighted by molar-refractivity contribution is 5.59. The molecule has 150 valence electrons. The molecule has 0 saturated carbocycles. The number of methoxy groups -OCH3 is 1. The number of nitrogens with two attached hydrogens (primary N) is 1. The van der Waals surface area contributed by atoms with Gasteiger partial charge in [0.25, 0.3) is 0 Å². The standard InChI is InChI=1S/C20H19N5O.C2H6O/c1-25-8-7-15-16(9-21)19(24)20(11-22,12-23)18(17(15)10-25)13-3-5-14(26-2)6-4-13;1-2-3/h3-7,17-18H,8,10,24H2,1-2H3;3H,2H2,1H3. The number of hydrogen-bond donors (Lipinski definition) is 2. The fourth-order valence-electron chi connectivity index (χ4n) is 4.01. The molecule has 1 aliphatic heterocycles. The molecule has 1 aliphatic carbocycles. The van der Waals surface area contributed by atoms with E-state index < -0.39 is 11.3 Å². The number of allylic oxidation sites excluding steroid dienone is 2. The molecule has 1 aromatic carbocycles. The van der Waals surface area contributed by atoms with Gasteiger partial charge in [0, 0.05) is 31.5 Å². The Bertz CT molecular complexity index is 914. The zero-order valence-corrected chi connectivity index (χ0v) is 16.9. The van der Waals surface area contributed by atoms with Crippen molar-refractivity contribution in [1.82, 2.24) is 4.90 Å². The number of fused-ring (bicyclic) bond motifs is 1. The minimum absolute atomic E-state index is 0.0536. The van der Waals surface area contributed by atoms with Gasteiger partial charge in [-0.2, -0.15) is 15.8 Å². The highest BCUT2D eigenvalue weighted by Gasteiger charge is 2.54. The Balaban J connectivity index is 0.000000941. The molecule has 1 heterocycles. The van der Waals surface area contributed by atoms with Crippen LogP contribution in [-0.2, 0) is 0 Å².